The molecule has 0 spiro atoms. The predicted octanol–water partition coefficient (Wildman–Crippen LogP) is 1.69. The van der Waals surface area contributed by atoms with E-state index in [4.69, 9.17) is 5.73 Å². The molecule has 0 aromatic carbocycles. The molecule has 106 valence electrons. The predicted molar refractivity (Wildman–Crippen MR) is 80.5 cm³/mol. The Bertz CT molecular complexity index is 434. The van der Waals surface area contributed by atoms with E-state index in [0.717, 1.165) is 24.5 Å². The first-order valence-corrected chi connectivity index (χ1v) is 7.11. The van der Waals surface area contributed by atoms with Crippen LogP contribution in [0.5, 0.6) is 0 Å². The lowest BCUT2D eigenvalue weighted by atomic mass is 10.0. The van der Waals surface area contributed by atoms with Crippen molar-refractivity contribution in [3.63, 3.8) is 0 Å². The zero-order valence-corrected chi connectivity index (χ0v) is 12.6. The minimum absolute atomic E-state index is 0.571. The molecule has 1 fully saturated rings. The molecule has 0 atom stereocenters. The smallest absolute Gasteiger partial charge is 0.0448 e. The summed E-state index contributed by atoms with van der Waals surface area (Å²) in [5, 5.41) is 0. The summed E-state index contributed by atoms with van der Waals surface area (Å²) in [6.45, 7) is 6.91. The molecule has 0 radical (unpaired) electrons. The Kier molecular flexibility index (Phi) is 4.42. The van der Waals surface area contributed by atoms with E-state index in [2.05, 4.69) is 48.8 Å². The number of aryl methyl sites for hydroxylation is 2. The van der Waals surface area contributed by atoms with Crippen LogP contribution in [0, 0.1) is 13.8 Å². The quantitative estimate of drug-likeness (QED) is 0.900. The van der Waals surface area contributed by atoms with Crippen molar-refractivity contribution < 1.29 is 0 Å². The zero-order valence-electron chi connectivity index (χ0n) is 12.6. The van der Waals surface area contributed by atoms with Crippen LogP contribution in [0.1, 0.15) is 29.8 Å². The summed E-state index contributed by atoms with van der Waals surface area (Å²) in [7, 11) is 4.35. The Morgan fingerprint density at radius 1 is 1.32 bits per heavy atom. The molecule has 4 nitrogen and oxygen atoms in total. The zero-order chi connectivity index (χ0) is 14.0. The van der Waals surface area contributed by atoms with Crippen molar-refractivity contribution in [3.8, 4) is 0 Å². The molecule has 2 rings (SSSR count). The molecule has 1 aliphatic heterocycles. The van der Waals surface area contributed by atoms with Crippen LogP contribution in [0.3, 0.4) is 0 Å². The first-order valence-electron chi connectivity index (χ1n) is 7.11. The first-order chi connectivity index (χ1) is 9.02. The number of nitrogens with two attached hydrogens (primary N) is 1. The summed E-state index contributed by atoms with van der Waals surface area (Å²) in [5.41, 5.74) is 10.6. The normalized spacial score (nSPS) is 17.3. The van der Waals surface area contributed by atoms with E-state index in [0.29, 0.717) is 12.6 Å². The molecule has 1 aromatic rings. The van der Waals surface area contributed by atoms with Crippen molar-refractivity contribution in [1.29, 1.82) is 0 Å². The summed E-state index contributed by atoms with van der Waals surface area (Å²) >= 11 is 0. The highest BCUT2D eigenvalue weighted by molar-refractivity contribution is 5.56. The minimum Gasteiger partial charge on any atom is -0.371 e. The van der Waals surface area contributed by atoms with Crippen molar-refractivity contribution in [2.45, 2.75) is 39.3 Å². The Labute approximate surface area is 116 Å². The van der Waals surface area contributed by atoms with Crippen molar-refractivity contribution >= 4 is 5.69 Å². The largest absolute Gasteiger partial charge is 0.371 e. The number of rotatable bonds is 3. The van der Waals surface area contributed by atoms with Crippen molar-refractivity contribution in [2.75, 3.05) is 32.1 Å². The van der Waals surface area contributed by atoms with Gasteiger partial charge in [0, 0.05) is 48.3 Å². The second-order valence-corrected chi connectivity index (χ2v) is 5.73. The van der Waals surface area contributed by atoms with Gasteiger partial charge in [-0.1, -0.05) is 0 Å². The van der Waals surface area contributed by atoms with E-state index in [1.54, 1.807) is 0 Å². The van der Waals surface area contributed by atoms with Crippen LogP contribution in [0.25, 0.3) is 0 Å². The number of anilines is 1. The van der Waals surface area contributed by atoms with Crippen LogP contribution >= 0.6 is 0 Å². The van der Waals surface area contributed by atoms with Crippen LogP contribution in [-0.4, -0.2) is 43.1 Å². The van der Waals surface area contributed by atoms with Gasteiger partial charge >= 0.3 is 0 Å². The van der Waals surface area contributed by atoms with E-state index in [1.165, 1.54) is 24.1 Å². The minimum atomic E-state index is 0.571. The fourth-order valence-electron chi connectivity index (χ4n) is 2.99. The maximum absolute atomic E-state index is 5.91. The number of piperidine rings is 1. The van der Waals surface area contributed by atoms with Crippen molar-refractivity contribution in [1.82, 2.24) is 9.88 Å². The number of hydrogen-bond donors (Lipinski definition) is 1. The molecule has 0 amide bonds. The molecule has 1 aromatic heterocycles. The summed E-state index contributed by atoms with van der Waals surface area (Å²) in [6, 6.07) is 2.90. The van der Waals surface area contributed by atoms with Crippen LogP contribution < -0.4 is 10.6 Å². The van der Waals surface area contributed by atoms with Crippen LogP contribution in [0.4, 0.5) is 5.69 Å². The molecular formula is C15H26N4. The molecule has 0 bridgehead atoms. The van der Waals surface area contributed by atoms with Gasteiger partial charge in [0.15, 0.2) is 0 Å². The van der Waals surface area contributed by atoms with Gasteiger partial charge in [0.25, 0.3) is 0 Å². The first kappa shape index (κ1) is 14.3. The van der Waals surface area contributed by atoms with Crippen molar-refractivity contribution in [3.05, 3.63) is 23.0 Å². The van der Waals surface area contributed by atoms with Crippen molar-refractivity contribution in [2.24, 2.45) is 5.73 Å². The fourth-order valence-corrected chi connectivity index (χ4v) is 2.99. The van der Waals surface area contributed by atoms with Gasteiger partial charge in [-0.15, -0.1) is 0 Å². The summed E-state index contributed by atoms with van der Waals surface area (Å²) in [5.74, 6) is 0. The third kappa shape index (κ3) is 3.07. The van der Waals surface area contributed by atoms with E-state index in [1.807, 2.05) is 0 Å². The molecule has 4 heteroatoms. The van der Waals surface area contributed by atoms with E-state index >= 15 is 0 Å². The molecular weight excluding hydrogens is 236 g/mol. The van der Waals surface area contributed by atoms with E-state index < -0.39 is 0 Å². The maximum Gasteiger partial charge on any atom is 0.0448 e. The van der Waals surface area contributed by atoms with Gasteiger partial charge in [0.2, 0.25) is 0 Å². The van der Waals surface area contributed by atoms with Gasteiger partial charge in [0.05, 0.1) is 0 Å². The highest BCUT2D eigenvalue weighted by atomic mass is 15.2. The van der Waals surface area contributed by atoms with E-state index in [-0.39, 0.29) is 0 Å². The SMILES string of the molecule is Cc1cc(N2CCC(N(C)C)CC2)c(CN)c(C)n1. The molecule has 1 saturated heterocycles. The lowest BCUT2D eigenvalue weighted by molar-refractivity contribution is 0.249. The van der Waals surface area contributed by atoms with Crippen LogP contribution in [-0.2, 0) is 6.54 Å². The average molecular weight is 262 g/mol. The number of hydrogen-bond acceptors (Lipinski definition) is 4. The van der Waals surface area contributed by atoms with Crippen LogP contribution in [0.15, 0.2) is 6.07 Å². The van der Waals surface area contributed by atoms with Crippen LogP contribution in [0.2, 0.25) is 0 Å². The van der Waals surface area contributed by atoms with Gasteiger partial charge in [-0.25, -0.2) is 0 Å². The summed E-state index contributed by atoms with van der Waals surface area (Å²) in [6.07, 6.45) is 2.44. The fraction of sp³-hybridized carbons (Fsp3) is 0.667. The van der Waals surface area contributed by atoms with Gasteiger partial charge in [-0.2, -0.15) is 0 Å². The Balaban J connectivity index is 2.19. The third-order valence-corrected chi connectivity index (χ3v) is 4.18. The lowest BCUT2D eigenvalue weighted by Gasteiger charge is -2.37. The Morgan fingerprint density at radius 3 is 2.47 bits per heavy atom. The van der Waals surface area contributed by atoms with Gasteiger partial charge in [-0.3, -0.25) is 4.98 Å². The number of pyridine rings is 1. The Morgan fingerprint density at radius 2 is 1.95 bits per heavy atom. The molecule has 0 aliphatic carbocycles. The molecule has 0 saturated carbocycles. The molecule has 0 unspecified atom stereocenters. The molecule has 19 heavy (non-hydrogen) atoms. The number of nitrogens with zero attached hydrogens (tertiary/aromatic N) is 3. The van der Waals surface area contributed by atoms with E-state index in [9.17, 15) is 0 Å². The highest BCUT2D eigenvalue weighted by Crippen LogP contribution is 2.27. The second-order valence-electron chi connectivity index (χ2n) is 5.73. The van der Waals surface area contributed by atoms with Gasteiger partial charge in [0.1, 0.15) is 0 Å². The topological polar surface area (TPSA) is 45.4 Å². The summed E-state index contributed by atoms with van der Waals surface area (Å²) < 4.78 is 0. The summed E-state index contributed by atoms with van der Waals surface area (Å²) in [4.78, 5) is 9.34. The average Bonchev–Trinajstić information content (AvgIpc) is 2.38. The van der Waals surface area contributed by atoms with Gasteiger partial charge < -0.3 is 15.5 Å². The Hall–Kier alpha value is -1.13. The molecule has 2 N–H and O–H groups in total. The second kappa shape index (κ2) is 5.88. The standard InChI is InChI=1S/C15H26N4/c1-11-9-15(14(10-16)12(2)17-11)19-7-5-13(6-8-19)18(3)4/h9,13H,5-8,10,16H2,1-4H3. The third-order valence-electron chi connectivity index (χ3n) is 4.18. The molecule has 1 aliphatic rings. The number of aromatic nitrogens is 1. The lowest BCUT2D eigenvalue weighted by Crippen LogP contribution is -2.42. The maximum atomic E-state index is 5.91. The molecule has 2 heterocycles. The van der Waals surface area contributed by atoms with Gasteiger partial charge in [-0.05, 0) is 46.9 Å². The monoisotopic (exact) mass is 262 g/mol. The highest BCUT2D eigenvalue weighted by Gasteiger charge is 2.22.